The summed E-state index contributed by atoms with van der Waals surface area (Å²) >= 11 is 0. The van der Waals surface area contributed by atoms with Crippen molar-refractivity contribution in [1.82, 2.24) is 4.31 Å². The highest BCUT2D eigenvalue weighted by atomic mass is 32.2. The van der Waals surface area contributed by atoms with Gasteiger partial charge in [-0.15, -0.1) is 0 Å². The Balaban J connectivity index is 3.38. The van der Waals surface area contributed by atoms with Gasteiger partial charge in [0.1, 0.15) is 0 Å². The third-order valence-electron chi connectivity index (χ3n) is 2.30. The Morgan fingerprint density at radius 1 is 1.13 bits per heavy atom. The first-order chi connectivity index (χ1) is 6.87. The molecule has 1 aromatic rings. The lowest BCUT2D eigenvalue weighted by molar-refractivity contribution is 0.519. The molecule has 0 heterocycles. The molecular weight excluding hydrogens is 210 g/mol. The standard InChI is InChI=1S/C11H17NO2S/c1-9(2)10-7-5-6-8-11(10)15(13,14)12(3)4/h5-9H,1-4H3. The second-order valence-electron chi connectivity index (χ2n) is 3.98. The van der Waals surface area contributed by atoms with Crippen molar-refractivity contribution in [1.29, 1.82) is 0 Å². The largest absolute Gasteiger partial charge is 0.242 e. The Labute approximate surface area is 91.8 Å². The van der Waals surface area contributed by atoms with Crippen LogP contribution >= 0.6 is 0 Å². The summed E-state index contributed by atoms with van der Waals surface area (Å²) in [7, 11) is -0.223. The van der Waals surface area contributed by atoms with E-state index in [1.54, 1.807) is 26.2 Å². The van der Waals surface area contributed by atoms with Crippen LogP contribution in [0.15, 0.2) is 29.2 Å². The second-order valence-corrected chi connectivity index (χ2v) is 6.10. The molecule has 4 heteroatoms. The van der Waals surface area contributed by atoms with Crippen molar-refractivity contribution in [2.24, 2.45) is 0 Å². The van der Waals surface area contributed by atoms with E-state index >= 15 is 0 Å². The lowest BCUT2D eigenvalue weighted by Crippen LogP contribution is -2.23. The molecule has 0 atom stereocenters. The molecule has 0 amide bonds. The fourth-order valence-electron chi connectivity index (χ4n) is 1.39. The molecular formula is C11H17NO2S. The van der Waals surface area contributed by atoms with Gasteiger partial charge in [0.25, 0.3) is 0 Å². The van der Waals surface area contributed by atoms with Crippen molar-refractivity contribution in [3.63, 3.8) is 0 Å². The van der Waals surface area contributed by atoms with Crippen molar-refractivity contribution in [2.75, 3.05) is 14.1 Å². The Morgan fingerprint density at radius 3 is 2.13 bits per heavy atom. The van der Waals surface area contributed by atoms with Crippen molar-refractivity contribution in [2.45, 2.75) is 24.7 Å². The van der Waals surface area contributed by atoms with Gasteiger partial charge in [0.15, 0.2) is 0 Å². The zero-order valence-electron chi connectivity index (χ0n) is 9.56. The predicted molar refractivity (Wildman–Crippen MR) is 61.4 cm³/mol. The van der Waals surface area contributed by atoms with E-state index < -0.39 is 10.0 Å². The number of sulfonamides is 1. The maximum Gasteiger partial charge on any atom is 0.242 e. The van der Waals surface area contributed by atoms with Crippen LogP contribution in [-0.4, -0.2) is 26.8 Å². The zero-order valence-corrected chi connectivity index (χ0v) is 10.4. The highest BCUT2D eigenvalue weighted by molar-refractivity contribution is 7.89. The quantitative estimate of drug-likeness (QED) is 0.792. The molecule has 0 fully saturated rings. The van der Waals surface area contributed by atoms with E-state index in [2.05, 4.69) is 0 Å². The minimum atomic E-state index is -3.32. The van der Waals surface area contributed by atoms with Gasteiger partial charge in [0.05, 0.1) is 4.90 Å². The molecule has 0 spiro atoms. The summed E-state index contributed by atoms with van der Waals surface area (Å²) in [4.78, 5) is 0.407. The molecule has 3 nitrogen and oxygen atoms in total. The van der Waals surface area contributed by atoms with Crippen LogP contribution in [0.3, 0.4) is 0 Å². The van der Waals surface area contributed by atoms with Crippen molar-refractivity contribution in [3.05, 3.63) is 29.8 Å². The van der Waals surface area contributed by atoms with Crippen LogP contribution in [0.1, 0.15) is 25.3 Å². The summed E-state index contributed by atoms with van der Waals surface area (Å²) in [5.41, 5.74) is 0.867. The van der Waals surface area contributed by atoms with E-state index in [1.807, 2.05) is 26.0 Å². The summed E-state index contributed by atoms with van der Waals surface area (Å²) in [6, 6.07) is 7.14. The first-order valence-electron chi connectivity index (χ1n) is 4.89. The maximum absolute atomic E-state index is 12.0. The van der Waals surface area contributed by atoms with Crippen LogP contribution < -0.4 is 0 Å². The molecule has 0 radical (unpaired) electrons. The van der Waals surface area contributed by atoms with Gasteiger partial charge in [-0.05, 0) is 17.5 Å². The SMILES string of the molecule is CC(C)c1ccccc1S(=O)(=O)N(C)C. The number of hydrogen-bond acceptors (Lipinski definition) is 2. The van der Waals surface area contributed by atoms with Crippen LogP contribution in [-0.2, 0) is 10.0 Å². The molecule has 0 bridgehead atoms. The first-order valence-corrected chi connectivity index (χ1v) is 6.33. The molecule has 0 aromatic heterocycles. The fourth-order valence-corrected chi connectivity index (χ4v) is 2.63. The highest BCUT2D eigenvalue weighted by Crippen LogP contribution is 2.24. The van der Waals surface area contributed by atoms with E-state index in [-0.39, 0.29) is 5.92 Å². The molecule has 0 N–H and O–H groups in total. The van der Waals surface area contributed by atoms with Gasteiger partial charge in [-0.3, -0.25) is 0 Å². The summed E-state index contributed by atoms with van der Waals surface area (Å²) in [6.07, 6.45) is 0. The van der Waals surface area contributed by atoms with Gasteiger partial charge in [-0.25, -0.2) is 12.7 Å². The van der Waals surface area contributed by atoms with Crippen LogP contribution in [0.5, 0.6) is 0 Å². The Morgan fingerprint density at radius 2 is 1.67 bits per heavy atom. The van der Waals surface area contributed by atoms with Gasteiger partial charge in [0.2, 0.25) is 10.0 Å². The molecule has 0 aliphatic rings. The zero-order chi connectivity index (χ0) is 11.6. The average Bonchev–Trinajstić information content (AvgIpc) is 2.17. The highest BCUT2D eigenvalue weighted by Gasteiger charge is 2.21. The Bertz CT molecular complexity index is 436. The number of benzene rings is 1. The van der Waals surface area contributed by atoms with Crippen molar-refractivity contribution in [3.8, 4) is 0 Å². The number of rotatable bonds is 3. The molecule has 0 unspecified atom stereocenters. The van der Waals surface area contributed by atoms with Crippen LogP contribution in [0.4, 0.5) is 0 Å². The minimum absolute atomic E-state index is 0.205. The van der Waals surface area contributed by atoms with E-state index in [9.17, 15) is 8.42 Å². The fraction of sp³-hybridized carbons (Fsp3) is 0.455. The minimum Gasteiger partial charge on any atom is -0.207 e. The average molecular weight is 227 g/mol. The topological polar surface area (TPSA) is 37.4 Å². The number of hydrogen-bond donors (Lipinski definition) is 0. The molecule has 0 saturated carbocycles. The Hall–Kier alpha value is -0.870. The molecule has 1 rings (SSSR count). The monoisotopic (exact) mass is 227 g/mol. The van der Waals surface area contributed by atoms with Crippen molar-refractivity contribution >= 4 is 10.0 Å². The second kappa shape index (κ2) is 4.33. The summed E-state index contributed by atoms with van der Waals surface area (Å²) in [5, 5.41) is 0. The van der Waals surface area contributed by atoms with Gasteiger partial charge in [-0.1, -0.05) is 32.0 Å². The summed E-state index contributed by atoms with van der Waals surface area (Å²) < 4.78 is 25.2. The third-order valence-corrected chi connectivity index (χ3v) is 4.19. The lowest BCUT2D eigenvalue weighted by atomic mass is 10.0. The van der Waals surface area contributed by atoms with E-state index in [0.717, 1.165) is 5.56 Å². The van der Waals surface area contributed by atoms with E-state index in [4.69, 9.17) is 0 Å². The third kappa shape index (κ3) is 2.38. The van der Waals surface area contributed by atoms with Crippen molar-refractivity contribution < 1.29 is 8.42 Å². The van der Waals surface area contributed by atoms with Gasteiger partial charge >= 0.3 is 0 Å². The molecule has 1 aromatic carbocycles. The Kier molecular flexibility index (Phi) is 3.52. The van der Waals surface area contributed by atoms with Crippen LogP contribution in [0.25, 0.3) is 0 Å². The molecule has 15 heavy (non-hydrogen) atoms. The van der Waals surface area contributed by atoms with Crippen LogP contribution in [0.2, 0.25) is 0 Å². The summed E-state index contributed by atoms with van der Waals surface area (Å²) in [6.45, 7) is 3.98. The molecule has 0 aliphatic carbocycles. The maximum atomic E-state index is 12.0. The van der Waals surface area contributed by atoms with E-state index in [1.165, 1.54) is 4.31 Å². The first kappa shape index (κ1) is 12.2. The van der Waals surface area contributed by atoms with E-state index in [0.29, 0.717) is 4.90 Å². The molecule has 84 valence electrons. The van der Waals surface area contributed by atoms with Gasteiger partial charge < -0.3 is 0 Å². The molecule has 0 aliphatic heterocycles. The number of nitrogens with zero attached hydrogens (tertiary/aromatic N) is 1. The van der Waals surface area contributed by atoms with Gasteiger partial charge in [0, 0.05) is 14.1 Å². The van der Waals surface area contributed by atoms with Gasteiger partial charge in [-0.2, -0.15) is 0 Å². The van der Waals surface area contributed by atoms with Crippen LogP contribution in [0, 0.1) is 0 Å². The smallest absolute Gasteiger partial charge is 0.207 e. The lowest BCUT2D eigenvalue weighted by Gasteiger charge is -2.16. The predicted octanol–water partition coefficient (Wildman–Crippen LogP) is 2.06. The summed E-state index contributed by atoms with van der Waals surface area (Å²) in [5.74, 6) is 0.205. The normalized spacial score (nSPS) is 12.4. The molecule has 0 saturated heterocycles.